The molecule has 1 atom stereocenters. The monoisotopic (exact) mass is 328 g/mol. The third kappa shape index (κ3) is 3.12. The Morgan fingerprint density at radius 2 is 2.04 bits per heavy atom. The molecule has 0 spiro atoms. The molecule has 0 aliphatic carbocycles. The number of pyridine rings is 1. The summed E-state index contributed by atoms with van der Waals surface area (Å²) in [5.74, 6) is 0. The number of aromatic nitrogens is 3. The van der Waals surface area contributed by atoms with Crippen LogP contribution in [0, 0.1) is 5.41 Å². The Kier molecular flexibility index (Phi) is 4.27. The van der Waals surface area contributed by atoms with Crippen molar-refractivity contribution in [3.63, 3.8) is 0 Å². The number of nitrogens with zero attached hydrogens (tertiary/aromatic N) is 4. The molecule has 0 saturated carbocycles. The van der Waals surface area contributed by atoms with Crippen LogP contribution in [-0.4, -0.2) is 50.3 Å². The van der Waals surface area contributed by atoms with Crippen LogP contribution < -0.4 is 5.56 Å². The Balaban J connectivity index is 1.94. The third-order valence-corrected chi connectivity index (χ3v) is 5.07. The summed E-state index contributed by atoms with van der Waals surface area (Å²) in [6, 6.07) is 5.57. The predicted octanol–water partition coefficient (Wildman–Crippen LogP) is 1.40. The second-order valence-corrected chi connectivity index (χ2v) is 7.36. The molecule has 1 aliphatic heterocycles. The van der Waals surface area contributed by atoms with Crippen LogP contribution in [0.3, 0.4) is 0 Å². The largest absolute Gasteiger partial charge is 0.387 e. The van der Waals surface area contributed by atoms with Gasteiger partial charge in [-0.2, -0.15) is 0 Å². The Morgan fingerprint density at radius 1 is 1.25 bits per heavy atom. The third-order valence-electron chi connectivity index (χ3n) is 5.07. The lowest BCUT2D eigenvalue weighted by atomic mass is 9.70. The molecule has 6 heteroatoms. The summed E-state index contributed by atoms with van der Waals surface area (Å²) >= 11 is 0. The van der Waals surface area contributed by atoms with E-state index in [0.29, 0.717) is 17.8 Å². The maximum absolute atomic E-state index is 12.3. The summed E-state index contributed by atoms with van der Waals surface area (Å²) in [4.78, 5) is 22.9. The van der Waals surface area contributed by atoms with Crippen LogP contribution in [0.25, 0.3) is 11.4 Å². The predicted molar refractivity (Wildman–Crippen MR) is 92.6 cm³/mol. The van der Waals surface area contributed by atoms with E-state index in [1.807, 2.05) is 18.2 Å². The van der Waals surface area contributed by atoms with Gasteiger partial charge in [-0.1, -0.05) is 19.9 Å². The number of hydrogen-bond donors (Lipinski definition) is 1. The minimum Gasteiger partial charge on any atom is -0.387 e. The SMILES string of the molecule is CN1CCC(O)(Cn2cc(-c3ccccn3)ncc2=O)C(C)(C)C1. The second-order valence-electron chi connectivity index (χ2n) is 7.36. The highest BCUT2D eigenvalue weighted by Gasteiger charge is 2.47. The first-order valence-corrected chi connectivity index (χ1v) is 8.20. The molecule has 6 nitrogen and oxygen atoms in total. The Morgan fingerprint density at radius 3 is 2.71 bits per heavy atom. The molecule has 1 aliphatic rings. The first kappa shape index (κ1) is 16.8. The van der Waals surface area contributed by atoms with Crippen molar-refractivity contribution in [1.29, 1.82) is 0 Å². The molecule has 1 fully saturated rings. The highest BCUT2D eigenvalue weighted by molar-refractivity contribution is 5.51. The molecule has 128 valence electrons. The van der Waals surface area contributed by atoms with Gasteiger partial charge in [-0.3, -0.25) is 9.78 Å². The van der Waals surface area contributed by atoms with E-state index in [1.165, 1.54) is 6.20 Å². The molecule has 1 saturated heterocycles. The van der Waals surface area contributed by atoms with Gasteiger partial charge in [-0.25, -0.2) is 4.98 Å². The average molecular weight is 328 g/mol. The van der Waals surface area contributed by atoms with Gasteiger partial charge < -0.3 is 14.6 Å². The molecule has 3 heterocycles. The minimum absolute atomic E-state index is 0.210. The fourth-order valence-electron chi connectivity index (χ4n) is 3.40. The zero-order valence-electron chi connectivity index (χ0n) is 14.4. The van der Waals surface area contributed by atoms with Gasteiger partial charge in [0.05, 0.1) is 24.0 Å². The highest BCUT2D eigenvalue weighted by Crippen LogP contribution is 2.39. The van der Waals surface area contributed by atoms with Crippen LogP contribution in [0.5, 0.6) is 0 Å². The van der Waals surface area contributed by atoms with E-state index in [4.69, 9.17) is 0 Å². The fraction of sp³-hybridized carbons (Fsp3) is 0.500. The van der Waals surface area contributed by atoms with E-state index in [9.17, 15) is 9.90 Å². The van der Waals surface area contributed by atoms with E-state index in [1.54, 1.807) is 17.0 Å². The van der Waals surface area contributed by atoms with Gasteiger partial charge >= 0.3 is 0 Å². The fourth-order valence-corrected chi connectivity index (χ4v) is 3.40. The zero-order valence-corrected chi connectivity index (χ0v) is 14.4. The Labute approximate surface area is 141 Å². The van der Waals surface area contributed by atoms with Crippen molar-refractivity contribution in [3.8, 4) is 11.4 Å². The molecule has 0 amide bonds. The second kappa shape index (κ2) is 6.11. The van der Waals surface area contributed by atoms with Crippen LogP contribution in [0.1, 0.15) is 20.3 Å². The van der Waals surface area contributed by atoms with Crippen molar-refractivity contribution in [3.05, 3.63) is 47.1 Å². The molecule has 0 aromatic carbocycles. The molecule has 3 rings (SSSR count). The van der Waals surface area contributed by atoms with Gasteiger partial charge in [-0.15, -0.1) is 0 Å². The van der Waals surface area contributed by atoms with Gasteiger partial charge in [-0.05, 0) is 25.6 Å². The number of aliphatic hydroxyl groups is 1. The lowest BCUT2D eigenvalue weighted by Crippen LogP contribution is -2.59. The van der Waals surface area contributed by atoms with Gasteiger partial charge in [0, 0.05) is 30.9 Å². The summed E-state index contributed by atoms with van der Waals surface area (Å²) in [6.07, 6.45) is 5.32. The molecule has 1 unspecified atom stereocenters. The molecular formula is C18H24N4O2. The lowest BCUT2D eigenvalue weighted by molar-refractivity contribution is -0.124. The van der Waals surface area contributed by atoms with Crippen molar-refractivity contribution in [1.82, 2.24) is 19.4 Å². The molecule has 24 heavy (non-hydrogen) atoms. The summed E-state index contributed by atoms with van der Waals surface area (Å²) in [7, 11) is 2.05. The van der Waals surface area contributed by atoms with Crippen molar-refractivity contribution >= 4 is 0 Å². The average Bonchev–Trinajstić information content (AvgIpc) is 2.54. The molecule has 2 aromatic rings. The van der Waals surface area contributed by atoms with E-state index in [-0.39, 0.29) is 17.5 Å². The normalized spacial score (nSPS) is 24.0. The Bertz CT molecular complexity index is 772. The van der Waals surface area contributed by atoms with Crippen molar-refractivity contribution in [2.24, 2.45) is 5.41 Å². The summed E-state index contributed by atoms with van der Waals surface area (Å²) in [5, 5.41) is 11.2. The van der Waals surface area contributed by atoms with E-state index in [2.05, 4.69) is 35.8 Å². The van der Waals surface area contributed by atoms with E-state index >= 15 is 0 Å². The van der Waals surface area contributed by atoms with Crippen molar-refractivity contribution in [2.75, 3.05) is 20.1 Å². The quantitative estimate of drug-likeness (QED) is 0.922. The Hall–Kier alpha value is -2.05. The molecule has 2 aromatic heterocycles. The van der Waals surface area contributed by atoms with Gasteiger partial charge in [0.1, 0.15) is 5.69 Å². The van der Waals surface area contributed by atoms with Crippen LogP contribution in [0.15, 0.2) is 41.6 Å². The zero-order chi connectivity index (χ0) is 17.4. The number of piperidine rings is 1. The van der Waals surface area contributed by atoms with Crippen LogP contribution in [0.2, 0.25) is 0 Å². The van der Waals surface area contributed by atoms with E-state index in [0.717, 1.165) is 13.1 Å². The number of rotatable bonds is 3. The number of likely N-dealkylation sites (tertiary alicyclic amines) is 1. The van der Waals surface area contributed by atoms with Crippen molar-refractivity contribution < 1.29 is 5.11 Å². The maximum Gasteiger partial charge on any atom is 0.269 e. The molecular weight excluding hydrogens is 304 g/mol. The van der Waals surface area contributed by atoms with Crippen LogP contribution in [0.4, 0.5) is 0 Å². The summed E-state index contributed by atoms with van der Waals surface area (Å²) in [5.41, 5.74) is -0.122. The van der Waals surface area contributed by atoms with Crippen LogP contribution in [-0.2, 0) is 6.54 Å². The standard InChI is InChI=1S/C18H24N4O2/c1-17(2)12-21(3)9-7-18(17,24)13-22-11-15(20-10-16(22)23)14-6-4-5-8-19-14/h4-6,8,10-11,24H,7,9,12-13H2,1-3H3. The summed E-state index contributed by atoms with van der Waals surface area (Å²) in [6.45, 7) is 5.96. The minimum atomic E-state index is -0.938. The molecule has 0 bridgehead atoms. The van der Waals surface area contributed by atoms with E-state index < -0.39 is 5.60 Å². The summed E-state index contributed by atoms with van der Waals surface area (Å²) < 4.78 is 1.56. The smallest absolute Gasteiger partial charge is 0.269 e. The van der Waals surface area contributed by atoms with Gasteiger partial charge in [0.25, 0.3) is 5.56 Å². The molecule has 0 radical (unpaired) electrons. The first-order chi connectivity index (χ1) is 11.3. The highest BCUT2D eigenvalue weighted by atomic mass is 16.3. The lowest BCUT2D eigenvalue weighted by Gasteiger charge is -2.49. The van der Waals surface area contributed by atoms with Crippen LogP contribution >= 0.6 is 0 Å². The maximum atomic E-state index is 12.3. The van der Waals surface area contributed by atoms with Gasteiger partial charge in [0.2, 0.25) is 0 Å². The number of hydrogen-bond acceptors (Lipinski definition) is 5. The molecule has 1 N–H and O–H groups in total. The topological polar surface area (TPSA) is 71.2 Å². The first-order valence-electron chi connectivity index (χ1n) is 8.20. The van der Waals surface area contributed by atoms with Gasteiger partial charge in [0.15, 0.2) is 0 Å². The van der Waals surface area contributed by atoms with Crippen molar-refractivity contribution in [2.45, 2.75) is 32.4 Å².